The van der Waals surface area contributed by atoms with Gasteiger partial charge in [-0.3, -0.25) is 14.9 Å². The van der Waals surface area contributed by atoms with Gasteiger partial charge >= 0.3 is 0 Å². The van der Waals surface area contributed by atoms with Crippen molar-refractivity contribution in [2.75, 3.05) is 11.9 Å². The summed E-state index contributed by atoms with van der Waals surface area (Å²) in [6.07, 6.45) is 2.12. The second-order valence-corrected chi connectivity index (χ2v) is 8.32. The first-order valence-electron chi connectivity index (χ1n) is 9.95. The van der Waals surface area contributed by atoms with E-state index in [4.69, 9.17) is 4.42 Å². The predicted molar refractivity (Wildman–Crippen MR) is 119 cm³/mol. The summed E-state index contributed by atoms with van der Waals surface area (Å²) in [5.74, 6) is -0.0914. The van der Waals surface area contributed by atoms with Crippen LogP contribution in [0.15, 0.2) is 77.4 Å². The molecule has 0 atom stereocenters. The molecule has 0 radical (unpaired) electrons. The van der Waals surface area contributed by atoms with E-state index < -0.39 is 0 Å². The number of rotatable bonds is 4. The van der Waals surface area contributed by atoms with Crippen LogP contribution in [0.2, 0.25) is 0 Å². The van der Waals surface area contributed by atoms with Crippen LogP contribution in [0.3, 0.4) is 0 Å². The molecule has 2 aromatic carbocycles. The molecule has 0 saturated heterocycles. The van der Waals surface area contributed by atoms with E-state index in [1.54, 1.807) is 12.1 Å². The van der Waals surface area contributed by atoms with E-state index in [0.29, 0.717) is 30.2 Å². The molecule has 0 unspecified atom stereocenters. The van der Waals surface area contributed by atoms with Crippen molar-refractivity contribution in [3.63, 3.8) is 0 Å². The average Bonchev–Trinajstić information content (AvgIpc) is 3.48. The fourth-order valence-corrected chi connectivity index (χ4v) is 4.63. The largest absolute Gasteiger partial charge is 0.459 e. The number of anilines is 1. The van der Waals surface area contributed by atoms with E-state index >= 15 is 0 Å². The maximum absolute atomic E-state index is 13.0. The molecule has 154 valence electrons. The molecule has 2 amide bonds. The molecule has 3 heterocycles. The number of furan rings is 1. The number of nitrogens with zero attached hydrogens (tertiary/aromatic N) is 2. The van der Waals surface area contributed by atoms with Crippen LogP contribution in [-0.2, 0) is 13.0 Å². The third-order valence-electron chi connectivity index (χ3n) is 5.22. The zero-order valence-electron chi connectivity index (χ0n) is 16.6. The summed E-state index contributed by atoms with van der Waals surface area (Å²) in [7, 11) is 0. The fourth-order valence-electron chi connectivity index (χ4n) is 3.61. The highest BCUT2D eigenvalue weighted by atomic mass is 32.1. The first-order valence-corrected chi connectivity index (χ1v) is 10.8. The number of carbonyl (C=O) groups is 2. The van der Waals surface area contributed by atoms with Gasteiger partial charge in [0.25, 0.3) is 11.8 Å². The lowest BCUT2D eigenvalue weighted by molar-refractivity contribution is 0.0736. The lowest BCUT2D eigenvalue weighted by Gasteiger charge is -2.26. The van der Waals surface area contributed by atoms with E-state index in [0.717, 1.165) is 21.7 Å². The van der Waals surface area contributed by atoms with Crippen LogP contribution in [0.25, 0.3) is 11.1 Å². The van der Waals surface area contributed by atoms with Crippen LogP contribution >= 0.6 is 11.3 Å². The fraction of sp³-hybridized carbons (Fsp3) is 0.125. The Morgan fingerprint density at radius 3 is 2.48 bits per heavy atom. The maximum Gasteiger partial charge on any atom is 0.293 e. The first kappa shape index (κ1) is 19.3. The normalized spacial score (nSPS) is 13.0. The topological polar surface area (TPSA) is 75.4 Å². The standard InChI is InChI=1S/C24H19N3O3S/c28-22(20-7-4-14-30-20)26-24-25-19-12-13-27(15-21(19)31-24)23(29)18-10-8-17(9-11-18)16-5-2-1-3-6-16/h1-11,14H,12-13,15H2,(H,25,26,28). The molecular weight excluding hydrogens is 410 g/mol. The Bertz CT molecular complexity index is 1210. The second kappa shape index (κ2) is 8.20. The third-order valence-corrected chi connectivity index (χ3v) is 6.22. The van der Waals surface area contributed by atoms with E-state index in [1.807, 2.05) is 47.4 Å². The SMILES string of the molecule is O=C(Nc1nc2c(s1)CN(C(=O)c1ccc(-c3ccccc3)cc1)CC2)c1ccco1. The number of nitrogens with one attached hydrogen (secondary N) is 1. The average molecular weight is 430 g/mol. The summed E-state index contributed by atoms with van der Waals surface area (Å²) in [5, 5.41) is 3.29. The van der Waals surface area contributed by atoms with Crippen LogP contribution in [0.1, 0.15) is 31.5 Å². The van der Waals surface area contributed by atoms with Crippen LogP contribution < -0.4 is 5.32 Å². The number of fused-ring (bicyclic) bond motifs is 1. The summed E-state index contributed by atoms with van der Waals surface area (Å²) in [4.78, 5) is 32.5. The number of thiazole rings is 1. The number of aromatic nitrogens is 1. The molecular formula is C24H19N3O3S. The van der Waals surface area contributed by atoms with Gasteiger partial charge in [-0.2, -0.15) is 0 Å². The van der Waals surface area contributed by atoms with Crippen molar-refractivity contribution in [2.24, 2.45) is 0 Å². The third kappa shape index (κ3) is 4.00. The zero-order valence-corrected chi connectivity index (χ0v) is 17.4. The van der Waals surface area contributed by atoms with Crippen molar-refractivity contribution >= 4 is 28.3 Å². The molecule has 4 aromatic rings. The number of amides is 2. The monoisotopic (exact) mass is 429 g/mol. The van der Waals surface area contributed by atoms with Crippen LogP contribution in [0.5, 0.6) is 0 Å². The van der Waals surface area contributed by atoms with Crippen molar-refractivity contribution in [2.45, 2.75) is 13.0 Å². The molecule has 0 spiro atoms. The number of carbonyl (C=O) groups excluding carboxylic acids is 2. The number of benzene rings is 2. The molecule has 1 aliphatic rings. The lowest BCUT2D eigenvalue weighted by atomic mass is 10.0. The highest BCUT2D eigenvalue weighted by Gasteiger charge is 2.25. The Hall–Kier alpha value is -3.71. The minimum Gasteiger partial charge on any atom is -0.459 e. The molecule has 31 heavy (non-hydrogen) atoms. The van der Waals surface area contributed by atoms with Crippen LogP contribution in [0, 0.1) is 0 Å². The van der Waals surface area contributed by atoms with E-state index in [-0.39, 0.29) is 17.6 Å². The summed E-state index contributed by atoms with van der Waals surface area (Å²) < 4.78 is 5.12. The summed E-state index contributed by atoms with van der Waals surface area (Å²) >= 11 is 1.40. The maximum atomic E-state index is 13.0. The molecule has 0 aliphatic carbocycles. The Balaban J connectivity index is 1.27. The second-order valence-electron chi connectivity index (χ2n) is 7.24. The zero-order chi connectivity index (χ0) is 21.2. The van der Waals surface area contributed by atoms with Gasteiger partial charge in [0.05, 0.1) is 18.5 Å². The highest BCUT2D eigenvalue weighted by molar-refractivity contribution is 7.15. The molecule has 0 saturated carbocycles. The first-order chi connectivity index (χ1) is 15.2. The molecule has 5 rings (SSSR count). The van der Waals surface area contributed by atoms with Gasteiger partial charge in [0.1, 0.15) is 0 Å². The minimum atomic E-state index is -0.331. The molecule has 1 N–H and O–H groups in total. The minimum absolute atomic E-state index is 0.000155. The molecule has 7 heteroatoms. The van der Waals surface area contributed by atoms with Crippen molar-refractivity contribution in [1.82, 2.24) is 9.88 Å². The van der Waals surface area contributed by atoms with Gasteiger partial charge in [0.15, 0.2) is 10.9 Å². The molecule has 0 fully saturated rings. The van der Waals surface area contributed by atoms with Gasteiger partial charge in [0, 0.05) is 23.4 Å². The van der Waals surface area contributed by atoms with Gasteiger partial charge < -0.3 is 9.32 Å². The Morgan fingerprint density at radius 1 is 0.968 bits per heavy atom. The van der Waals surface area contributed by atoms with Crippen molar-refractivity contribution < 1.29 is 14.0 Å². The quantitative estimate of drug-likeness (QED) is 0.503. The molecule has 2 aromatic heterocycles. The smallest absolute Gasteiger partial charge is 0.293 e. The number of hydrogen-bond donors (Lipinski definition) is 1. The predicted octanol–water partition coefficient (Wildman–Crippen LogP) is 4.85. The van der Waals surface area contributed by atoms with E-state index in [1.165, 1.54) is 17.6 Å². The Kier molecular flexibility index (Phi) is 5.09. The van der Waals surface area contributed by atoms with Crippen LogP contribution in [-0.4, -0.2) is 28.2 Å². The van der Waals surface area contributed by atoms with Gasteiger partial charge in [-0.25, -0.2) is 4.98 Å². The van der Waals surface area contributed by atoms with Gasteiger partial charge in [0.2, 0.25) is 0 Å². The van der Waals surface area contributed by atoms with Gasteiger partial charge in [-0.15, -0.1) is 0 Å². The molecule has 6 nitrogen and oxygen atoms in total. The van der Waals surface area contributed by atoms with Crippen LogP contribution in [0.4, 0.5) is 5.13 Å². The Labute approximate surface area is 183 Å². The summed E-state index contributed by atoms with van der Waals surface area (Å²) in [6, 6.07) is 21.1. The number of hydrogen-bond acceptors (Lipinski definition) is 5. The van der Waals surface area contributed by atoms with Gasteiger partial charge in [-0.1, -0.05) is 53.8 Å². The van der Waals surface area contributed by atoms with Gasteiger partial charge in [-0.05, 0) is 35.4 Å². The van der Waals surface area contributed by atoms with E-state index in [2.05, 4.69) is 22.4 Å². The van der Waals surface area contributed by atoms with Crippen molar-refractivity contribution in [3.05, 3.63) is 94.9 Å². The molecule has 0 bridgehead atoms. The van der Waals surface area contributed by atoms with Crippen molar-refractivity contribution in [1.29, 1.82) is 0 Å². The molecule has 1 aliphatic heterocycles. The summed E-state index contributed by atoms with van der Waals surface area (Å²) in [6.45, 7) is 1.09. The summed E-state index contributed by atoms with van der Waals surface area (Å²) in [5.41, 5.74) is 3.80. The van der Waals surface area contributed by atoms with E-state index in [9.17, 15) is 9.59 Å². The van der Waals surface area contributed by atoms with Crippen molar-refractivity contribution in [3.8, 4) is 11.1 Å². The Morgan fingerprint density at radius 2 is 1.74 bits per heavy atom. The lowest BCUT2D eigenvalue weighted by Crippen LogP contribution is -2.35. The highest BCUT2D eigenvalue weighted by Crippen LogP contribution is 2.29.